The first-order valence-corrected chi connectivity index (χ1v) is 9.91. The number of rotatable bonds is 4. The van der Waals surface area contributed by atoms with Gasteiger partial charge in [0, 0.05) is 58.7 Å². The van der Waals surface area contributed by atoms with Gasteiger partial charge in [0.2, 0.25) is 5.91 Å². The maximum absolute atomic E-state index is 12.6. The number of likely N-dealkylation sites (tertiary alicyclic amines) is 2. The molecule has 1 aromatic rings. The zero-order valence-corrected chi connectivity index (χ0v) is 16.4. The van der Waals surface area contributed by atoms with E-state index in [-0.39, 0.29) is 17.9 Å². The van der Waals surface area contributed by atoms with E-state index in [1.165, 1.54) is 0 Å². The normalized spacial score (nSPS) is 21.7. The number of urea groups is 1. The lowest BCUT2D eigenvalue weighted by Gasteiger charge is -2.42. The molecule has 27 heavy (non-hydrogen) atoms. The molecule has 2 fully saturated rings. The monoisotopic (exact) mass is 373 g/mol. The van der Waals surface area contributed by atoms with E-state index in [0.717, 1.165) is 57.4 Å². The predicted molar refractivity (Wildman–Crippen MR) is 104 cm³/mol. The van der Waals surface area contributed by atoms with Crippen molar-refractivity contribution in [1.82, 2.24) is 25.0 Å². The number of pyridine rings is 1. The summed E-state index contributed by atoms with van der Waals surface area (Å²) in [6.45, 7) is 4.02. The van der Waals surface area contributed by atoms with Gasteiger partial charge in [0.05, 0.1) is 5.92 Å². The predicted octanol–water partition coefficient (Wildman–Crippen LogP) is 1.56. The molecule has 0 radical (unpaired) electrons. The van der Waals surface area contributed by atoms with Crippen LogP contribution in [0.2, 0.25) is 0 Å². The number of hydrogen-bond donors (Lipinski definition) is 1. The first-order valence-electron chi connectivity index (χ1n) is 9.91. The molecule has 3 rings (SSSR count). The second-order valence-electron chi connectivity index (χ2n) is 7.81. The summed E-state index contributed by atoms with van der Waals surface area (Å²) in [5.41, 5.74) is 1.02. The number of nitrogens with zero attached hydrogens (tertiary/aromatic N) is 4. The molecule has 3 amide bonds. The van der Waals surface area contributed by atoms with E-state index in [0.29, 0.717) is 12.6 Å². The molecule has 148 valence electrons. The lowest BCUT2D eigenvalue weighted by atomic mass is 9.93. The maximum Gasteiger partial charge on any atom is 0.319 e. The molecule has 0 aromatic carbocycles. The van der Waals surface area contributed by atoms with Crippen molar-refractivity contribution in [2.45, 2.75) is 38.3 Å². The Bertz CT molecular complexity index is 629. The zero-order valence-electron chi connectivity index (χ0n) is 16.4. The molecular formula is C20H31N5O2. The number of carbonyl (C=O) groups is 2. The Morgan fingerprint density at radius 1 is 1.22 bits per heavy atom. The van der Waals surface area contributed by atoms with E-state index in [2.05, 4.69) is 15.2 Å². The second-order valence-corrected chi connectivity index (χ2v) is 7.81. The maximum atomic E-state index is 12.6. The topological polar surface area (TPSA) is 68.8 Å². The van der Waals surface area contributed by atoms with Gasteiger partial charge in [-0.2, -0.15) is 0 Å². The van der Waals surface area contributed by atoms with E-state index in [1.807, 2.05) is 17.0 Å². The van der Waals surface area contributed by atoms with Crippen molar-refractivity contribution in [2.75, 3.05) is 40.3 Å². The van der Waals surface area contributed by atoms with E-state index in [1.54, 1.807) is 31.4 Å². The number of hydrogen-bond acceptors (Lipinski definition) is 4. The molecule has 2 saturated heterocycles. The van der Waals surface area contributed by atoms with Crippen LogP contribution in [0.5, 0.6) is 0 Å². The van der Waals surface area contributed by atoms with Crippen LogP contribution in [0.3, 0.4) is 0 Å². The minimum absolute atomic E-state index is 0.0526. The molecule has 0 spiro atoms. The van der Waals surface area contributed by atoms with Crippen LogP contribution in [0.15, 0.2) is 24.5 Å². The van der Waals surface area contributed by atoms with Crippen molar-refractivity contribution in [3.05, 3.63) is 30.1 Å². The van der Waals surface area contributed by atoms with Crippen LogP contribution < -0.4 is 5.32 Å². The fourth-order valence-corrected chi connectivity index (χ4v) is 4.09. The SMILES string of the molecule is CN(C)C(=O)N1CCC(N2CCC[C@H](C(=O)NCc3cccnc3)C2)CC1. The highest BCUT2D eigenvalue weighted by atomic mass is 16.2. The minimum atomic E-state index is 0.0526. The standard InChI is InChI=1S/C20H31N5O2/c1-23(2)20(27)24-11-7-18(8-12-24)25-10-4-6-17(15-25)19(26)22-14-16-5-3-9-21-13-16/h3,5,9,13,17-18H,4,6-8,10-12,14-15H2,1-2H3,(H,22,26)/t17-/m0/s1. The molecule has 7 nitrogen and oxygen atoms in total. The molecule has 2 aliphatic rings. The van der Waals surface area contributed by atoms with Crippen LogP contribution >= 0.6 is 0 Å². The number of aromatic nitrogens is 1. The fourth-order valence-electron chi connectivity index (χ4n) is 4.09. The molecule has 0 saturated carbocycles. The quantitative estimate of drug-likeness (QED) is 0.870. The molecule has 3 heterocycles. The van der Waals surface area contributed by atoms with Gasteiger partial charge in [-0.05, 0) is 43.9 Å². The van der Waals surface area contributed by atoms with Crippen molar-refractivity contribution in [1.29, 1.82) is 0 Å². The van der Waals surface area contributed by atoms with Crippen molar-refractivity contribution in [2.24, 2.45) is 5.92 Å². The third-order valence-corrected chi connectivity index (χ3v) is 5.65. The van der Waals surface area contributed by atoms with Gasteiger partial charge in [0.25, 0.3) is 0 Å². The third-order valence-electron chi connectivity index (χ3n) is 5.65. The molecule has 1 atom stereocenters. The van der Waals surface area contributed by atoms with Crippen molar-refractivity contribution >= 4 is 11.9 Å². The average Bonchev–Trinajstić information content (AvgIpc) is 2.72. The summed E-state index contributed by atoms with van der Waals surface area (Å²) in [6, 6.07) is 4.44. The molecule has 0 unspecified atom stereocenters. The largest absolute Gasteiger partial charge is 0.352 e. The molecule has 1 N–H and O–H groups in total. The lowest BCUT2D eigenvalue weighted by Crippen LogP contribution is -2.52. The first kappa shape index (κ1) is 19.6. The molecule has 1 aromatic heterocycles. The summed E-state index contributed by atoms with van der Waals surface area (Å²) in [6.07, 6.45) is 7.51. The molecular weight excluding hydrogens is 342 g/mol. The summed E-state index contributed by atoms with van der Waals surface area (Å²) < 4.78 is 0. The van der Waals surface area contributed by atoms with Crippen LogP contribution in [-0.4, -0.2) is 77.9 Å². The van der Waals surface area contributed by atoms with Gasteiger partial charge in [-0.15, -0.1) is 0 Å². The lowest BCUT2D eigenvalue weighted by molar-refractivity contribution is -0.127. The summed E-state index contributed by atoms with van der Waals surface area (Å²) in [7, 11) is 3.60. The Labute approximate surface area is 161 Å². The first-order chi connectivity index (χ1) is 13.0. The fraction of sp³-hybridized carbons (Fsp3) is 0.650. The van der Waals surface area contributed by atoms with Crippen LogP contribution in [0, 0.1) is 5.92 Å². The van der Waals surface area contributed by atoms with Gasteiger partial charge in [-0.1, -0.05) is 6.07 Å². The van der Waals surface area contributed by atoms with E-state index >= 15 is 0 Å². The molecule has 2 aliphatic heterocycles. The Morgan fingerprint density at radius 2 is 2.00 bits per heavy atom. The van der Waals surface area contributed by atoms with Gasteiger partial charge in [0.15, 0.2) is 0 Å². The molecule has 7 heteroatoms. The van der Waals surface area contributed by atoms with Crippen LogP contribution in [-0.2, 0) is 11.3 Å². The van der Waals surface area contributed by atoms with Gasteiger partial charge < -0.3 is 15.1 Å². The Morgan fingerprint density at radius 3 is 2.67 bits per heavy atom. The van der Waals surface area contributed by atoms with Crippen LogP contribution in [0.4, 0.5) is 4.79 Å². The smallest absolute Gasteiger partial charge is 0.319 e. The highest BCUT2D eigenvalue weighted by Gasteiger charge is 2.32. The van der Waals surface area contributed by atoms with Crippen molar-refractivity contribution < 1.29 is 9.59 Å². The Kier molecular flexibility index (Phi) is 6.66. The summed E-state index contributed by atoms with van der Waals surface area (Å²) in [5.74, 6) is 0.195. The number of nitrogens with one attached hydrogen (secondary N) is 1. The number of piperidine rings is 2. The van der Waals surface area contributed by atoms with E-state index < -0.39 is 0 Å². The molecule has 0 bridgehead atoms. The molecule has 0 aliphatic carbocycles. The van der Waals surface area contributed by atoms with Crippen LogP contribution in [0.25, 0.3) is 0 Å². The van der Waals surface area contributed by atoms with Gasteiger partial charge in [-0.3, -0.25) is 14.7 Å². The Hall–Kier alpha value is -2.15. The van der Waals surface area contributed by atoms with Gasteiger partial charge >= 0.3 is 6.03 Å². The zero-order chi connectivity index (χ0) is 19.2. The summed E-state index contributed by atoms with van der Waals surface area (Å²) in [5, 5.41) is 3.06. The van der Waals surface area contributed by atoms with Crippen molar-refractivity contribution in [3.63, 3.8) is 0 Å². The highest BCUT2D eigenvalue weighted by molar-refractivity contribution is 5.79. The van der Waals surface area contributed by atoms with Gasteiger partial charge in [0.1, 0.15) is 0 Å². The second kappa shape index (κ2) is 9.17. The number of carbonyl (C=O) groups excluding carboxylic acids is 2. The van der Waals surface area contributed by atoms with Crippen molar-refractivity contribution in [3.8, 4) is 0 Å². The minimum Gasteiger partial charge on any atom is -0.352 e. The number of amides is 3. The average molecular weight is 374 g/mol. The Balaban J connectivity index is 1.46. The summed E-state index contributed by atoms with van der Waals surface area (Å²) in [4.78, 5) is 34.8. The van der Waals surface area contributed by atoms with E-state index in [4.69, 9.17) is 0 Å². The summed E-state index contributed by atoms with van der Waals surface area (Å²) >= 11 is 0. The third kappa shape index (κ3) is 5.19. The van der Waals surface area contributed by atoms with Crippen LogP contribution in [0.1, 0.15) is 31.2 Å². The highest BCUT2D eigenvalue weighted by Crippen LogP contribution is 2.24. The van der Waals surface area contributed by atoms with Gasteiger partial charge in [-0.25, -0.2) is 4.79 Å². The van der Waals surface area contributed by atoms with E-state index in [9.17, 15) is 9.59 Å².